The van der Waals surface area contributed by atoms with Crippen LogP contribution in [0.15, 0.2) is 0 Å². The molecule has 0 aromatic carbocycles. The Balaban J connectivity index is 2.01. The highest BCUT2D eigenvalue weighted by atomic mass is 15.2. The van der Waals surface area contributed by atoms with Crippen molar-refractivity contribution in [1.82, 2.24) is 10.2 Å². The lowest BCUT2D eigenvalue weighted by Crippen LogP contribution is -2.40. The quantitative estimate of drug-likeness (QED) is 0.565. The molecule has 1 aliphatic heterocycles. The van der Waals surface area contributed by atoms with Gasteiger partial charge >= 0.3 is 0 Å². The van der Waals surface area contributed by atoms with Crippen molar-refractivity contribution in [2.45, 2.75) is 90.6 Å². The van der Waals surface area contributed by atoms with Crippen molar-refractivity contribution in [3.8, 4) is 0 Å². The Labute approximate surface area is 121 Å². The highest BCUT2D eigenvalue weighted by Gasteiger charge is 2.23. The summed E-state index contributed by atoms with van der Waals surface area (Å²) in [6.07, 6.45) is 12.8. The molecule has 0 aromatic rings. The van der Waals surface area contributed by atoms with Gasteiger partial charge in [0.1, 0.15) is 0 Å². The molecule has 0 saturated carbocycles. The summed E-state index contributed by atoms with van der Waals surface area (Å²) < 4.78 is 0. The van der Waals surface area contributed by atoms with Crippen molar-refractivity contribution in [1.29, 1.82) is 0 Å². The maximum Gasteiger partial charge on any atom is 0.0221 e. The Morgan fingerprint density at radius 2 is 1.74 bits per heavy atom. The van der Waals surface area contributed by atoms with Gasteiger partial charge in [0.2, 0.25) is 0 Å². The second kappa shape index (κ2) is 10.7. The number of nitrogens with one attached hydrogen (secondary N) is 1. The van der Waals surface area contributed by atoms with E-state index in [-0.39, 0.29) is 0 Å². The minimum Gasteiger partial charge on any atom is -0.313 e. The largest absolute Gasteiger partial charge is 0.313 e. The van der Waals surface area contributed by atoms with E-state index in [4.69, 9.17) is 0 Å². The lowest BCUT2D eigenvalue weighted by atomic mass is 10.1. The van der Waals surface area contributed by atoms with Crippen molar-refractivity contribution >= 4 is 0 Å². The van der Waals surface area contributed by atoms with Crippen LogP contribution in [0.3, 0.4) is 0 Å². The molecule has 1 aliphatic rings. The molecule has 1 saturated heterocycles. The first-order chi connectivity index (χ1) is 9.24. The van der Waals surface area contributed by atoms with Crippen LogP contribution < -0.4 is 5.32 Å². The standard InChI is InChI=1S/C17H36N2/c1-4-5-6-7-8-9-10-13-19-14-11-12-17(19)15-18-16(2)3/h16-18H,4-15H2,1-3H3. The van der Waals surface area contributed by atoms with Crippen molar-refractivity contribution in [2.75, 3.05) is 19.6 Å². The summed E-state index contributed by atoms with van der Waals surface area (Å²) in [5, 5.41) is 3.60. The molecule has 19 heavy (non-hydrogen) atoms. The van der Waals surface area contributed by atoms with Gasteiger partial charge in [-0.05, 0) is 32.4 Å². The fraction of sp³-hybridized carbons (Fsp3) is 1.00. The van der Waals surface area contributed by atoms with E-state index in [9.17, 15) is 0 Å². The molecule has 2 nitrogen and oxygen atoms in total. The summed E-state index contributed by atoms with van der Waals surface area (Å²) >= 11 is 0. The van der Waals surface area contributed by atoms with Crippen molar-refractivity contribution in [2.24, 2.45) is 0 Å². The predicted octanol–water partition coefficient (Wildman–Crippen LogP) is 4.20. The summed E-state index contributed by atoms with van der Waals surface area (Å²) in [7, 11) is 0. The number of likely N-dealkylation sites (tertiary alicyclic amines) is 1. The minimum atomic E-state index is 0.626. The Kier molecular flexibility index (Phi) is 9.54. The first kappa shape index (κ1) is 17.0. The van der Waals surface area contributed by atoms with E-state index >= 15 is 0 Å². The summed E-state index contributed by atoms with van der Waals surface area (Å²) in [5.74, 6) is 0. The average molecular weight is 268 g/mol. The van der Waals surface area contributed by atoms with E-state index in [1.54, 1.807) is 0 Å². The Morgan fingerprint density at radius 3 is 2.42 bits per heavy atom. The Bertz CT molecular complexity index is 203. The lowest BCUT2D eigenvalue weighted by molar-refractivity contribution is 0.238. The van der Waals surface area contributed by atoms with E-state index in [1.807, 2.05) is 0 Å². The monoisotopic (exact) mass is 268 g/mol. The zero-order valence-electron chi connectivity index (χ0n) is 13.6. The van der Waals surface area contributed by atoms with Crippen LogP contribution in [-0.4, -0.2) is 36.6 Å². The van der Waals surface area contributed by atoms with Gasteiger partial charge < -0.3 is 5.32 Å². The lowest BCUT2D eigenvalue weighted by Gasteiger charge is -2.25. The van der Waals surface area contributed by atoms with Gasteiger partial charge in [-0.25, -0.2) is 0 Å². The SMILES string of the molecule is CCCCCCCCCN1CCCC1CNC(C)C. The summed E-state index contributed by atoms with van der Waals surface area (Å²) in [6.45, 7) is 10.6. The van der Waals surface area contributed by atoms with Crippen LogP contribution in [0.25, 0.3) is 0 Å². The van der Waals surface area contributed by atoms with Crippen LogP contribution in [0, 0.1) is 0 Å². The van der Waals surface area contributed by atoms with Gasteiger partial charge in [-0.3, -0.25) is 4.90 Å². The normalized spacial score (nSPS) is 20.5. The highest BCUT2D eigenvalue weighted by molar-refractivity contribution is 4.81. The van der Waals surface area contributed by atoms with Crippen LogP contribution in [0.4, 0.5) is 0 Å². The molecule has 1 N–H and O–H groups in total. The summed E-state index contributed by atoms with van der Waals surface area (Å²) in [6, 6.07) is 1.43. The third kappa shape index (κ3) is 7.94. The average Bonchev–Trinajstić information content (AvgIpc) is 2.83. The molecule has 0 spiro atoms. The molecule has 1 fully saturated rings. The molecule has 114 valence electrons. The number of rotatable bonds is 11. The van der Waals surface area contributed by atoms with Crippen LogP contribution in [-0.2, 0) is 0 Å². The molecule has 1 heterocycles. The molecule has 0 radical (unpaired) electrons. The molecular weight excluding hydrogens is 232 g/mol. The molecule has 0 amide bonds. The van der Waals surface area contributed by atoms with Crippen molar-refractivity contribution in [3.05, 3.63) is 0 Å². The van der Waals surface area contributed by atoms with Gasteiger partial charge in [0, 0.05) is 18.6 Å². The van der Waals surface area contributed by atoms with Crippen molar-refractivity contribution < 1.29 is 0 Å². The number of nitrogens with zero attached hydrogens (tertiary/aromatic N) is 1. The maximum absolute atomic E-state index is 3.60. The fourth-order valence-electron chi connectivity index (χ4n) is 3.06. The van der Waals surface area contributed by atoms with E-state index in [0.717, 1.165) is 6.04 Å². The van der Waals surface area contributed by atoms with E-state index in [2.05, 4.69) is 31.0 Å². The Morgan fingerprint density at radius 1 is 1.05 bits per heavy atom. The van der Waals surface area contributed by atoms with Crippen LogP contribution in [0.2, 0.25) is 0 Å². The van der Waals surface area contributed by atoms with Crippen LogP contribution >= 0.6 is 0 Å². The van der Waals surface area contributed by atoms with E-state index in [0.29, 0.717) is 6.04 Å². The van der Waals surface area contributed by atoms with Crippen molar-refractivity contribution in [3.63, 3.8) is 0 Å². The fourth-order valence-corrected chi connectivity index (χ4v) is 3.06. The summed E-state index contributed by atoms with van der Waals surface area (Å²) in [4.78, 5) is 2.72. The van der Waals surface area contributed by atoms with Gasteiger partial charge in [0.15, 0.2) is 0 Å². The van der Waals surface area contributed by atoms with Gasteiger partial charge in [0.25, 0.3) is 0 Å². The predicted molar refractivity (Wildman–Crippen MR) is 85.7 cm³/mol. The number of hydrogen-bond acceptors (Lipinski definition) is 2. The molecule has 0 bridgehead atoms. The topological polar surface area (TPSA) is 15.3 Å². The molecule has 1 unspecified atom stereocenters. The number of unbranched alkanes of at least 4 members (excludes halogenated alkanes) is 6. The van der Waals surface area contributed by atoms with Gasteiger partial charge in [-0.15, -0.1) is 0 Å². The first-order valence-electron chi connectivity index (χ1n) is 8.71. The molecule has 1 rings (SSSR count). The Hall–Kier alpha value is -0.0800. The highest BCUT2D eigenvalue weighted by Crippen LogP contribution is 2.18. The summed E-state index contributed by atoms with van der Waals surface area (Å²) in [5.41, 5.74) is 0. The molecule has 2 heteroatoms. The third-order valence-corrected chi connectivity index (χ3v) is 4.31. The third-order valence-electron chi connectivity index (χ3n) is 4.31. The molecule has 0 aromatic heterocycles. The second-order valence-corrected chi connectivity index (χ2v) is 6.52. The van der Waals surface area contributed by atoms with Crippen LogP contribution in [0.5, 0.6) is 0 Å². The van der Waals surface area contributed by atoms with Gasteiger partial charge in [-0.2, -0.15) is 0 Å². The minimum absolute atomic E-state index is 0.626. The zero-order valence-corrected chi connectivity index (χ0v) is 13.6. The van der Waals surface area contributed by atoms with E-state index < -0.39 is 0 Å². The smallest absolute Gasteiger partial charge is 0.0221 e. The second-order valence-electron chi connectivity index (χ2n) is 6.52. The first-order valence-corrected chi connectivity index (χ1v) is 8.71. The molecular formula is C17H36N2. The maximum atomic E-state index is 3.60. The number of hydrogen-bond donors (Lipinski definition) is 1. The van der Waals surface area contributed by atoms with Crippen LogP contribution in [0.1, 0.15) is 78.6 Å². The molecule has 0 aliphatic carbocycles. The van der Waals surface area contributed by atoms with Gasteiger partial charge in [0.05, 0.1) is 0 Å². The molecule has 1 atom stereocenters. The van der Waals surface area contributed by atoms with Gasteiger partial charge in [-0.1, -0.05) is 59.3 Å². The van der Waals surface area contributed by atoms with E-state index in [1.165, 1.54) is 77.4 Å². The zero-order chi connectivity index (χ0) is 13.9.